The molecular formula is C30H24F6N6O3S. The van der Waals surface area contributed by atoms with E-state index in [2.05, 4.69) is 20.4 Å². The van der Waals surface area contributed by atoms with Crippen LogP contribution in [-0.4, -0.2) is 50.4 Å². The normalized spacial score (nSPS) is 14.7. The second-order valence-corrected chi connectivity index (χ2v) is 11.1. The first kappa shape index (κ1) is 32.7. The van der Waals surface area contributed by atoms with Gasteiger partial charge in [-0.15, -0.1) is 5.10 Å². The number of benzene rings is 3. The predicted molar refractivity (Wildman–Crippen MR) is 160 cm³/mol. The number of carbonyl (C=O) groups excluding carboxylic acids is 2. The van der Waals surface area contributed by atoms with E-state index in [1.807, 2.05) is 0 Å². The van der Waals surface area contributed by atoms with Gasteiger partial charge in [0.25, 0.3) is 0 Å². The van der Waals surface area contributed by atoms with Gasteiger partial charge >= 0.3 is 18.4 Å². The molecule has 0 saturated carbocycles. The van der Waals surface area contributed by atoms with Crippen LogP contribution in [0.5, 0.6) is 0 Å². The largest absolute Gasteiger partial charge is 0.416 e. The van der Waals surface area contributed by atoms with Crippen LogP contribution in [0.25, 0.3) is 17.1 Å². The summed E-state index contributed by atoms with van der Waals surface area (Å²) in [7, 11) is 0. The Morgan fingerprint density at radius 3 is 2.43 bits per heavy atom. The number of nitrogens with one attached hydrogen (secondary N) is 1. The van der Waals surface area contributed by atoms with Gasteiger partial charge in [-0.1, -0.05) is 23.9 Å². The van der Waals surface area contributed by atoms with Crippen molar-refractivity contribution in [1.82, 2.24) is 14.8 Å². The van der Waals surface area contributed by atoms with Gasteiger partial charge in [-0.05, 0) is 73.5 Å². The Labute approximate surface area is 262 Å². The number of carbonyl (C=O) groups is 2. The fraction of sp³-hybridized carbons (Fsp3) is 0.233. The van der Waals surface area contributed by atoms with Crippen molar-refractivity contribution in [3.05, 3.63) is 89.2 Å². The number of urea groups is 1. The highest BCUT2D eigenvalue weighted by Crippen LogP contribution is 2.33. The summed E-state index contributed by atoms with van der Waals surface area (Å²) in [5.41, 5.74) is 2.43. The molecule has 9 nitrogen and oxygen atoms in total. The lowest BCUT2D eigenvalue weighted by Crippen LogP contribution is -2.31. The van der Waals surface area contributed by atoms with Crippen LogP contribution < -0.4 is 10.2 Å². The summed E-state index contributed by atoms with van der Waals surface area (Å²) in [5.74, 6) is -0.128. The molecule has 0 radical (unpaired) electrons. The number of aromatic nitrogens is 3. The summed E-state index contributed by atoms with van der Waals surface area (Å²) < 4.78 is 82.8. The molecule has 1 aliphatic heterocycles. The second kappa shape index (κ2) is 13.0. The third kappa shape index (κ3) is 7.56. The lowest BCUT2D eigenvalue weighted by atomic mass is 10.1. The molecule has 1 N–H and O–H groups in total. The van der Waals surface area contributed by atoms with Crippen molar-refractivity contribution in [2.24, 2.45) is 4.99 Å². The third-order valence-corrected chi connectivity index (χ3v) is 7.70. The zero-order valence-electron chi connectivity index (χ0n) is 24.1. The fourth-order valence-corrected chi connectivity index (χ4v) is 5.39. The van der Waals surface area contributed by atoms with Crippen LogP contribution >= 0.6 is 11.8 Å². The number of rotatable bonds is 7. The number of hydrogen-bond acceptors (Lipinski definition) is 6. The molecular weight excluding hydrogens is 638 g/mol. The van der Waals surface area contributed by atoms with E-state index >= 15 is 0 Å². The highest BCUT2D eigenvalue weighted by molar-refractivity contribution is 8.15. The van der Waals surface area contributed by atoms with Crippen LogP contribution in [0.2, 0.25) is 0 Å². The number of ether oxygens (including phenoxy) is 1. The number of aliphatic imine (C=N–C) groups is 1. The van der Waals surface area contributed by atoms with Gasteiger partial charge in [0.2, 0.25) is 5.91 Å². The molecule has 5 rings (SSSR count). The molecule has 2 heterocycles. The maximum Gasteiger partial charge on any atom is 0.416 e. The number of amidine groups is 1. The number of thioether (sulfide) groups is 1. The minimum absolute atomic E-state index is 0.0251. The van der Waals surface area contributed by atoms with E-state index in [1.165, 1.54) is 28.0 Å². The summed E-state index contributed by atoms with van der Waals surface area (Å²) in [6.45, 7) is 1.54. The number of halogens is 6. The number of hydrogen-bond donors (Lipinski definition) is 1. The first-order valence-corrected chi connectivity index (χ1v) is 14.5. The summed E-state index contributed by atoms with van der Waals surface area (Å²) in [4.78, 5) is 35.2. The number of aryl methyl sites for hydroxylation is 2. The lowest BCUT2D eigenvalue weighted by Gasteiger charge is -2.21. The molecule has 0 atom stereocenters. The van der Waals surface area contributed by atoms with Gasteiger partial charge in [0, 0.05) is 16.8 Å². The maximum absolute atomic E-state index is 12.9. The quantitative estimate of drug-likeness (QED) is 0.208. The molecule has 1 aromatic heterocycles. The van der Waals surface area contributed by atoms with Crippen molar-refractivity contribution in [3.63, 3.8) is 0 Å². The van der Waals surface area contributed by atoms with Gasteiger partial charge in [0.1, 0.15) is 12.9 Å². The Hall–Kier alpha value is -4.70. The Kier molecular flexibility index (Phi) is 9.21. The first-order chi connectivity index (χ1) is 21.7. The summed E-state index contributed by atoms with van der Waals surface area (Å²) in [6.07, 6.45) is -7.61. The molecule has 3 aromatic carbocycles. The number of alkyl halides is 6. The van der Waals surface area contributed by atoms with Crippen molar-refractivity contribution in [3.8, 4) is 17.1 Å². The maximum atomic E-state index is 12.9. The van der Waals surface area contributed by atoms with E-state index < -0.39 is 43.1 Å². The molecule has 0 unspecified atom stereocenters. The van der Waals surface area contributed by atoms with E-state index in [0.29, 0.717) is 39.5 Å². The van der Waals surface area contributed by atoms with Crippen LogP contribution in [0.15, 0.2) is 72.0 Å². The Morgan fingerprint density at radius 2 is 1.76 bits per heavy atom. The summed E-state index contributed by atoms with van der Waals surface area (Å²) in [5, 5.41) is 7.06. The van der Waals surface area contributed by atoms with Gasteiger partial charge in [0.15, 0.2) is 11.0 Å². The Morgan fingerprint density at radius 1 is 1.02 bits per heavy atom. The van der Waals surface area contributed by atoms with E-state index in [0.717, 1.165) is 23.9 Å². The van der Waals surface area contributed by atoms with Crippen molar-refractivity contribution < 1.29 is 40.7 Å². The molecule has 1 aliphatic rings. The summed E-state index contributed by atoms with van der Waals surface area (Å²) in [6, 6.07) is 13.5. The topological polar surface area (TPSA) is 102 Å². The number of amides is 3. The van der Waals surface area contributed by atoms with Crippen LogP contribution in [-0.2, 0) is 22.3 Å². The van der Waals surface area contributed by atoms with Crippen molar-refractivity contribution >= 4 is 40.2 Å². The van der Waals surface area contributed by atoms with Gasteiger partial charge in [0.05, 0.1) is 29.3 Å². The average Bonchev–Trinajstić information content (AvgIpc) is 3.61. The number of nitrogens with zero attached hydrogens (tertiary/aromatic N) is 5. The standard InChI is InChI=1S/C30H24F6N6O3S/c1-17-4-3-5-24(22(17)13-45-15-29(31,32)33)42-25(43)14-46-28(42)39-27(44)38-23-11-6-19(12-18(23)2)26-37-16-41(40-26)21-9-7-20(8-10-21)30(34,35)36/h3-12,16H,13-15H2,1-2H3,(H,38,44)/b39-28-. The Balaban J connectivity index is 1.30. The molecule has 0 spiro atoms. The van der Waals surface area contributed by atoms with Gasteiger partial charge in [-0.2, -0.15) is 31.3 Å². The van der Waals surface area contributed by atoms with Crippen LogP contribution in [0.1, 0.15) is 22.3 Å². The van der Waals surface area contributed by atoms with Crippen molar-refractivity contribution in [2.75, 3.05) is 22.6 Å². The Bertz CT molecular complexity index is 1800. The molecule has 3 amide bonds. The zero-order valence-corrected chi connectivity index (χ0v) is 24.9. The molecule has 46 heavy (non-hydrogen) atoms. The minimum Gasteiger partial charge on any atom is -0.367 e. The fourth-order valence-electron chi connectivity index (χ4n) is 4.53. The molecule has 1 fully saturated rings. The smallest absolute Gasteiger partial charge is 0.367 e. The predicted octanol–water partition coefficient (Wildman–Crippen LogP) is 7.32. The SMILES string of the molecule is Cc1cc(-c2ncn(-c3ccc(C(F)(F)F)cc3)n2)ccc1NC(=O)/N=C1\SCC(=O)N1c1cccc(C)c1COCC(F)(F)F. The molecule has 16 heteroatoms. The number of anilines is 2. The molecule has 4 aromatic rings. The van der Waals surface area contributed by atoms with Crippen molar-refractivity contribution in [2.45, 2.75) is 32.8 Å². The highest BCUT2D eigenvalue weighted by atomic mass is 32.2. The molecule has 240 valence electrons. The van der Waals surface area contributed by atoms with E-state index in [1.54, 1.807) is 50.2 Å². The first-order valence-electron chi connectivity index (χ1n) is 13.5. The summed E-state index contributed by atoms with van der Waals surface area (Å²) >= 11 is 1.01. The monoisotopic (exact) mass is 662 g/mol. The zero-order chi connectivity index (χ0) is 33.2. The van der Waals surface area contributed by atoms with E-state index in [4.69, 9.17) is 4.74 Å². The van der Waals surface area contributed by atoms with Crippen LogP contribution in [0, 0.1) is 13.8 Å². The molecule has 0 bridgehead atoms. The van der Waals surface area contributed by atoms with Gasteiger partial charge in [-0.25, -0.2) is 14.5 Å². The third-order valence-electron chi connectivity index (χ3n) is 6.78. The second-order valence-electron chi connectivity index (χ2n) is 10.1. The lowest BCUT2D eigenvalue weighted by molar-refractivity contribution is -0.176. The van der Waals surface area contributed by atoms with Crippen LogP contribution in [0.4, 0.5) is 42.5 Å². The van der Waals surface area contributed by atoms with Gasteiger partial charge in [-0.3, -0.25) is 9.69 Å². The van der Waals surface area contributed by atoms with Crippen LogP contribution in [0.3, 0.4) is 0 Å². The minimum atomic E-state index is -4.52. The molecule has 0 aliphatic carbocycles. The average molecular weight is 663 g/mol. The highest BCUT2D eigenvalue weighted by Gasteiger charge is 2.33. The molecule has 1 saturated heterocycles. The van der Waals surface area contributed by atoms with Gasteiger partial charge < -0.3 is 10.1 Å². The van der Waals surface area contributed by atoms with E-state index in [-0.39, 0.29) is 16.6 Å². The van der Waals surface area contributed by atoms with E-state index in [9.17, 15) is 35.9 Å². The van der Waals surface area contributed by atoms with Crippen molar-refractivity contribution in [1.29, 1.82) is 0 Å².